The lowest BCUT2D eigenvalue weighted by molar-refractivity contribution is 0.177. The molecule has 2 heterocycles. The highest BCUT2D eigenvalue weighted by atomic mass is 32.2. The van der Waals surface area contributed by atoms with Crippen LogP contribution in [-0.4, -0.2) is 49.9 Å². The Labute approximate surface area is 149 Å². The number of rotatable bonds is 5. The minimum Gasteiger partial charge on any atom is -0.302 e. The third-order valence-corrected chi connectivity index (χ3v) is 8.26. The van der Waals surface area contributed by atoms with Crippen molar-refractivity contribution in [2.45, 2.75) is 57.3 Å². The molecule has 1 saturated carbocycles. The van der Waals surface area contributed by atoms with Crippen molar-refractivity contribution < 1.29 is 8.42 Å². The molecule has 0 spiro atoms. The Bertz CT molecular complexity index is 683. The van der Waals surface area contributed by atoms with Crippen molar-refractivity contribution in [2.24, 2.45) is 5.41 Å². The molecule has 6 heteroatoms. The molecule has 3 aliphatic rings. The van der Waals surface area contributed by atoms with Crippen LogP contribution in [0, 0.1) is 5.41 Å². The summed E-state index contributed by atoms with van der Waals surface area (Å²) in [6.07, 6.45) is 11.0. The Morgan fingerprint density at radius 2 is 2.04 bits per heavy atom. The monoisotopic (exact) mass is 368 g/mol. The van der Waals surface area contributed by atoms with Gasteiger partial charge in [-0.1, -0.05) is 0 Å². The van der Waals surface area contributed by atoms with Gasteiger partial charge in [-0.2, -0.15) is 0 Å². The number of piperidine rings is 1. The van der Waals surface area contributed by atoms with Gasteiger partial charge in [0.2, 0.25) is 0 Å². The van der Waals surface area contributed by atoms with Crippen LogP contribution in [0.15, 0.2) is 0 Å². The molecule has 0 radical (unpaired) electrons. The van der Waals surface area contributed by atoms with Gasteiger partial charge in [0.25, 0.3) is 0 Å². The van der Waals surface area contributed by atoms with E-state index in [1.165, 1.54) is 60.4 Å². The number of nitrogens with zero attached hydrogens (tertiary/aromatic N) is 2. The Morgan fingerprint density at radius 3 is 2.75 bits per heavy atom. The van der Waals surface area contributed by atoms with Crippen LogP contribution in [-0.2, 0) is 22.7 Å². The average Bonchev–Trinajstić information content (AvgIpc) is 3.11. The first-order valence-corrected chi connectivity index (χ1v) is 12.2. The van der Waals surface area contributed by atoms with E-state index in [9.17, 15) is 8.42 Å². The fourth-order valence-electron chi connectivity index (χ4n) is 4.50. The van der Waals surface area contributed by atoms with Gasteiger partial charge in [-0.3, -0.25) is 0 Å². The molecule has 1 aromatic rings. The summed E-state index contributed by atoms with van der Waals surface area (Å²) in [6, 6.07) is 0. The molecular weight excluding hydrogens is 340 g/mol. The van der Waals surface area contributed by atoms with Crippen LogP contribution < -0.4 is 0 Å². The molecule has 1 atom stereocenters. The normalized spacial score (nSPS) is 27.0. The second-order valence-electron chi connectivity index (χ2n) is 8.27. The number of aromatic nitrogens is 1. The highest BCUT2D eigenvalue weighted by Gasteiger charge is 2.46. The van der Waals surface area contributed by atoms with Crippen LogP contribution in [0.1, 0.15) is 60.0 Å². The minimum atomic E-state index is -2.87. The van der Waals surface area contributed by atoms with Gasteiger partial charge in [0.1, 0.15) is 9.84 Å². The van der Waals surface area contributed by atoms with E-state index in [0.717, 1.165) is 32.5 Å². The molecule has 1 unspecified atom stereocenters. The summed E-state index contributed by atoms with van der Waals surface area (Å²) in [5.41, 5.74) is 1.42. The maximum atomic E-state index is 11.7. The molecule has 1 aromatic heterocycles. The SMILES string of the molecule is CS(=O)(=O)CC1(CN2CCCC(c3nc4c(s3)CCCC4)C2)CC1. The first-order chi connectivity index (χ1) is 11.4. The molecule has 4 rings (SSSR count). The summed E-state index contributed by atoms with van der Waals surface area (Å²) in [4.78, 5) is 9.03. The molecule has 2 aliphatic carbocycles. The zero-order valence-electron chi connectivity index (χ0n) is 14.6. The summed E-state index contributed by atoms with van der Waals surface area (Å²) in [5, 5.41) is 1.35. The van der Waals surface area contributed by atoms with E-state index in [1.54, 1.807) is 0 Å². The van der Waals surface area contributed by atoms with Crippen LogP contribution in [0.25, 0.3) is 0 Å². The largest absolute Gasteiger partial charge is 0.302 e. The predicted molar refractivity (Wildman–Crippen MR) is 98.5 cm³/mol. The fraction of sp³-hybridized carbons (Fsp3) is 0.833. The lowest BCUT2D eigenvalue weighted by Crippen LogP contribution is -2.40. The van der Waals surface area contributed by atoms with E-state index in [4.69, 9.17) is 4.98 Å². The predicted octanol–water partition coefficient (Wildman–Crippen LogP) is 3.03. The topological polar surface area (TPSA) is 50.3 Å². The maximum Gasteiger partial charge on any atom is 0.148 e. The van der Waals surface area contributed by atoms with Crippen LogP contribution in [0.2, 0.25) is 0 Å². The second-order valence-corrected chi connectivity index (χ2v) is 11.5. The maximum absolute atomic E-state index is 11.7. The van der Waals surface area contributed by atoms with E-state index in [0.29, 0.717) is 11.7 Å². The summed E-state index contributed by atoms with van der Waals surface area (Å²) < 4.78 is 23.4. The molecule has 4 nitrogen and oxygen atoms in total. The zero-order chi connectivity index (χ0) is 16.8. The summed E-state index contributed by atoms with van der Waals surface area (Å²) in [7, 11) is -2.87. The van der Waals surface area contributed by atoms with E-state index < -0.39 is 9.84 Å². The molecule has 0 aromatic carbocycles. The van der Waals surface area contributed by atoms with Gasteiger partial charge < -0.3 is 4.90 Å². The minimum absolute atomic E-state index is 0.0532. The molecule has 2 fully saturated rings. The van der Waals surface area contributed by atoms with Gasteiger partial charge in [-0.25, -0.2) is 13.4 Å². The second kappa shape index (κ2) is 6.36. The quantitative estimate of drug-likeness (QED) is 0.802. The summed E-state index contributed by atoms with van der Waals surface area (Å²) in [5.74, 6) is 0.926. The lowest BCUT2D eigenvalue weighted by atomic mass is 9.97. The van der Waals surface area contributed by atoms with Gasteiger partial charge in [-0.05, 0) is 63.3 Å². The van der Waals surface area contributed by atoms with E-state index in [-0.39, 0.29) is 5.41 Å². The van der Waals surface area contributed by atoms with Gasteiger partial charge in [0.05, 0.1) is 16.5 Å². The van der Waals surface area contributed by atoms with Gasteiger partial charge in [0, 0.05) is 30.1 Å². The van der Waals surface area contributed by atoms with Crippen LogP contribution in [0.3, 0.4) is 0 Å². The number of likely N-dealkylation sites (tertiary alicyclic amines) is 1. The van der Waals surface area contributed by atoms with E-state index >= 15 is 0 Å². The number of sulfone groups is 1. The molecule has 24 heavy (non-hydrogen) atoms. The average molecular weight is 369 g/mol. The van der Waals surface area contributed by atoms with Gasteiger partial charge in [-0.15, -0.1) is 11.3 Å². The number of hydrogen-bond acceptors (Lipinski definition) is 5. The summed E-state index contributed by atoms with van der Waals surface area (Å²) >= 11 is 1.95. The van der Waals surface area contributed by atoms with Crippen LogP contribution in [0.5, 0.6) is 0 Å². The van der Waals surface area contributed by atoms with Crippen LogP contribution >= 0.6 is 11.3 Å². The van der Waals surface area contributed by atoms with Crippen molar-refractivity contribution in [1.82, 2.24) is 9.88 Å². The Morgan fingerprint density at radius 1 is 1.25 bits per heavy atom. The number of aryl methyl sites for hydroxylation is 2. The molecule has 0 bridgehead atoms. The van der Waals surface area contributed by atoms with Crippen molar-refractivity contribution in [3.8, 4) is 0 Å². The standard InChI is InChI=1S/C18H28N2O2S2/c1-24(21,22)13-18(8-9-18)12-20-10-4-5-14(11-20)17-19-15-6-2-3-7-16(15)23-17/h14H,2-13H2,1H3. The molecule has 0 N–H and O–H groups in total. The van der Waals surface area contributed by atoms with E-state index in [2.05, 4.69) is 4.90 Å². The Hall–Kier alpha value is -0.460. The first-order valence-electron chi connectivity index (χ1n) is 9.31. The van der Waals surface area contributed by atoms with Gasteiger partial charge in [0.15, 0.2) is 0 Å². The van der Waals surface area contributed by atoms with Crippen LogP contribution in [0.4, 0.5) is 0 Å². The number of fused-ring (bicyclic) bond motifs is 1. The summed E-state index contributed by atoms with van der Waals surface area (Å²) in [6.45, 7) is 3.15. The van der Waals surface area contributed by atoms with Crippen molar-refractivity contribution >= 4 is 21.2 Å². The third-order valence-electron chi connectivity index (χ3n) is 5.80. The number of thiazole rings is 1. The van der Waals surface area contributed by atoms with Crippen molar-refractivity contribution in [3.63, 3.8) is 0 Å². The fourth-order valence-corrected chi connectivity index (χ4v) is 7.27. The highest BCUT2D eigenvalue weighted by molar-refractivity contribution is 7.90. The molecule has 1 aliphatic heterocycles. The zero-order valence-corrected chi connectivity index (χ0v) is 16.2. The van der Waals surface area contributed by atoms with Crippen molar-refractivity contribution in [2.75, 3.05) is 31.6 Å². The smallest absolute Gasteiger partial charge is 0.148 e. The first kappa shape index (κ1) is 17.0. The van der Waals surface area contributed by atoms with Gasteiger partial charge >= 0.3 is 0 Å². The molecule has 0 amide bonds. The third kappa shape index (κ3) is 3.86. The van der Waals surface area contributed by atoms with E-state index in [1.807, 2.05) is 11.3 Å². The molecule has 1 saturated heterocycles. The van der Waals surface area contributed by atoms with Crippen molar-refractivity contribution in [1.29, 1.82) is 0 Å². The lowest BCUT2D eigenvalue weighted by Gasteiger charge is -2.34. The number of hydrogen-bond donors (Lipinski definition) is 0. The Kier molecular flexibility index (Phi) is 4.50. The highest BCUT2D eigenvalue weighted by Crippen LogP contribution is 2.48. The Balaban J connectivity index is 1.42. The molecular formula is C18H28N2O2S2. The molecule has 134 valence electrons. The van der Waals surface area contributed by atoms with Crippen molar-refractivity contribution in [3.05, 3.63) is 15.6 Å².